The lowest BCUT2D eigenvalue weighted by atomic mass is 9.80. The fourth-order valence-electron chi connectivity index (χ4n) is 25.0. The molecule has 5 saturated carbocycles. The maximum Gasteiger partial charge on any atom is 0.153 e. The summed E-state index contributed by atoms with van der Waals surface area (Å²) in [6, 6.07) is 39.0. The van der Waals surface area contributed by atoms with Gasteiger partial charge in [0.25, 0.3) is 0 Å². The third-order valence-electron chi connectivity index (χ3n) is 34.6. The van der Waals surface area contributed by atoms with Gasteiger partial charge in [0.05, 0.1) is 95.2 Å². The molecule has 21 heteroatoms. The molecule has 9 atom stereocenters. The van der Waals surface area contributed by atoms with Crippen molar-refractivity contribution >= 4 is 82.1 Å². The SMILES string of the molecule is CCCC(C)S(=O)(=O)CC1CCC(CCc2ccc(N3C[C@@H](C)O[C@@H](C)C3)cc2)CC1.CCCC(C)S(=O)(=O)CC1CCC(CCc2ccc3c(c2)CCC3)CC1.CCCC(C)S(=O)(=O)CC1CCC(CCc2ccc3ncsc3c2)CC1.CCCCC(C)S(=O)(=O)CC1CCC(CCc2ccc(N3C[C@@H](C)O[C@@H](C)C3)cc2)CC1.CCCCC(C)S(=O)(=O)CC1CCC(CCc2ccc3c(c2)CCC3)CC1. The molecule has 800 valence electrons. The van der Waals surface area contributed by atoms with Gasteiger partial charge in [-0.2, -0.15) is 0 Å². The molecule has 0 bridgehead atoms. The number of morpholine rings is 2. The number of sulfone groups is 5. The number of ether oxygens (including phenoxy) is 2. The Labute approximate surface area is 870 Å². The molecule has 5 aromatic carbocycles. The second-order valence-electron chi connectivity index (χ2n) is 46.7. The molecule has 1 aromatic heterocycles. The van der Waals surface area contributed by atoms with Gasteiger partial charge < -0.3 is 19.3 Å². The van der Waals surface area contributed by atoms with Crippen molar-refractivity contribution in [3.63, 3.8) is 0 Å². The summed E-state index contributed by atoms with van der Waals surface area (Å²) >= 11 is 1.71. The van der Waals surface area contributed by atoms with E-state index in [1.54, 1.807) is 33.6 Å². The van der Waals surface area contributed by atoms with Crippen molar-refractivity contribution in [1.29, 1.82) is 0 Å². The third kappa shape index (κ3) is 38.6. The summed E-state index contributed by atoms with van der Waals surface area (Å²) in [4.78, 5) is 9.20. The number of hydrogen-bond acceptors (Lipinski definition) is 16. The van der Waals surface area contributed by atoms with Crippen molar-refractivity contribution in [3.05, 3.63) is 159 Å². The Bertz CT molecular complexity index is 5240. The lowest BCUT2D eigenvalue weighted by Crippen LogP contribution is -2.45. The molecule has 15 nitrogen and oxygen atoms in total. The molecule has 7 aliphatic carbocycles. The minimum atomic E-state index is -2.94. The van der Waals surface area contributed by atoms with Gasteiger partial charge in [-0.05, 0) is 407 Å². The zero-order valence-electron chi connectivity index (χ0n) is 90.9. The van der Waals surface area contributed by atoms with Gasteiger partial charge >= 0.3 is 0 Å². The van der Waals surface area contributed by atoms with Crippen LogP contribution in [0.15, 0.2) is 109 Å². The maximum atomic E-state index is 12.7. The molecule has 0 spiro atoms. The van der Waals surface area contributed by atoms with Crippen molar-refractivity contribution in [2.24, 2.45) is 59.2 Å². The molecule has 2 aliphatic heterocycles. The van der Waals surface area contributed by atoms with E-state index in [9.17, 15) is 42.1 Å². The van der Waals surface area contributed by atoms with Gasteiger partial charge in [0.15, 0.2) is 49.2 Å². The van der Waals surface area contributed by atoms with Crippen LogP contribution in [-0.4, -0.2) is 153 Å². The Balaban J connectivity index is 0.000000170. The normalized spacial score (nSPS) is 25.6. The smallest absolute Gasteiger partial charge is 0.153 e. The van der Waals surface area contributed by atoms with Gasteiger partial charge in [0, 0.05) is 37.6 Å². The maximum absolute atomic E-state index is 12.7. The highest BCUT2D eigenvalue weighted by molar-refractivity contribution is 7.93. The first-order valence-electron chi connectivity index (χ1n) is 57.6. The van der Waals surface area contributed by atoms with Crippen LogP contribution in [0, 0.1) is 59.2 Å². The first-order valence-corrected chi connectivity index (χ1v) is 67.0. The van der Waals surface area contributed by atoms with Crippen LogP contribution in [0.1, 0.15) is 397 Å². The predicted molar refractivity (Wildman–Crippen MR) is 603 cm³/mol. The second kappa shape index (κ2) is 58.6. The van der Waals surface area contributed by atoms with Gasteiger partial charge in [-0.15, -0.1) is 11.3 Å². The summed E-state index contributed by atoms with van der Waals surface area (Å²) < 4.78 is 138. The van der Waals surface area contributed by atoms with E-state index in [2.05, 4.69) is 180 Å². The monoisotopic (exact) mass is 2070 g/mol. The lowest BCUT2D eigenvalue weighted by molar-refractivity contribution is -0.00548. The van der Waals surface area contributed by atoms with Crippen LogP contribution in [0.25, 0.3) is 10.2 Å². The number of aromatic nitrogens is 1. The predicted octanol–water partition coefficient (Wildman–Crippen LogP) is 28.7. The largest absolute Gasteiger partial charge is 0.372 e. The highest BCUT2D eigenvalue weighted by Gasteiger charge is 2.36. The van der Waals surface area contributed by atoms with Crippen LogP contribution in [0.3, 0.4) is 0 Å². The summed E-state index contributed by atoms with van der Waals surface area (Å²) in [5.74, 6) is 7.80. The van der Waals surface area contributed by atoms with E-state index in [4.69, 9.17) is 9.47 Å². The van der Waals surface area contributed by atoms with Crippen LogP contribution in [0.5, 0.6) is 0 Å². The van der Waals surface area contributed by atoms with Gasteiger partial charge in [0.2, 0.25) is 0 Å². The zero-order valence-corrected chi connectivity index (χ0v) is 95.8. The number of nitrogens with zero attached hydrogens (tertiary/aromatic N) is 3. The summed E-state index contributed by atoms with van der Waals surface area (Å²) in [6.07, 6.45) is 54.7. The molecule has 0 N–H and O–H groups in total. The average molecular weight is 2070 g/mol. The summed E-state index contributed by atoms with van der Waals surface area (Å²) in [7, 11) is -14.6. The molecule has 3 heterocycles. The van der Waals surface area contributed by atoms with Gasteiger partial charge in [-0.25, -0.2) is 47.1 Å². The first-order chi connectivity index (χ1) is 68.0. The standard InChI is InChI=1S/C27H45NO3S.C26H43NO3S.C24H38O2S.C23H36O2S.C21H31NO2S2/c1-5-6-7-23(4)32(29,30)20-26-12-10-24(11-13-26)8-9-25-14-16-27(17-15-25)28-18-21(2)31-22(3)19-28;1-5-6-22(4)31(28,29)19-25-11-9-23(10-12-25)7-8-24-13-15-26(16-14-24)27-17-20(2)30-21(3)18-27;1-3-4-6-19(2)27(25,26)18-22-13-10-20(11-14-22)9-12-21-15-16-23-7-5-8-24(23)17-21;1-3-5-18(2)26(24,25)17-21-12-9-19(10-13-21)8-11-20-14-15-22-6-4-7-23(22)16-20;1-3-4-16(2)26(23,24)14-19-9-6-17(7-10-19)5-8-18-11-12-20-21(13-18)25-15-22-20/h14-17,21-24,26H,5-13,18-20H2,1-4H3;13-16,20-23,25H,5-12,17-19H2,1-4H3;15-17,19-20,22H,3-14,18H2,1-2H3;14-16,18-19,21H,3-13,17H2,1-2H3;11-13,15-17,19H,3-10,14H2,1-2H3/t21-,22+,23?,24?,26?;20-,21+,22?,23?,25?;;;. The quantitative estimate of drug-likeness (QED) is 0.0348. The topological polar surface area (TPSA) is 209 Å². The highest BCUT2D eigenvalue weighted by atomic mass is 32.2. The van der Waals surface area contributed by atoms with E-state index in [-0.39, 0.29) is 50.7 Å². The van der Waals surface area contributed by atoms with Gasteiger partial charge in [0.1, 0.15) is 0 Å². The Morgan fingerprint density at radius 2 is 0.549 bits per heavy atom. The van der Waals surface area contributed by atoms with Crippen molar-refractivity contribution in [1.82, 2.24) is 4.98 Å². The van der Waals surface area contributed by atoms with Crippen LogP contribution < -0.4 is 9.80 Å². The zero-order chi connectivity index (χ0) is 102. The minimum absolute atomic E-state index is 0.157. The van der Waals surface area contributed by atoms with E-state index < -0.39 is 49.2 Å². The number of benzene rings is 5. The number of unbranched alkanes of at least 4 members (excludes halogenated alkanes) is 2. The number of hydrogen-bond donors (Lipinski definition) is 0. The Morgan fingerprint density at radius 3 is 0.831 bits per heavy atom. The van der Waals surface area contributed by atoms with E-state index in [1.807, 2.05) is 40.1 Å². The molecule has 0 amide bonds. The summed E-state index contributed by atoms with van der Waals surface area (Å²) in [5.41, 5.74) is 19.1. The number of rotatable bonds is 44. The van der Waals surface area contributed by atoms with Crippen molar-refractivity contribution < 1.29 is 51.6 Å². The molecule has 9 aliphatic rings. The van der Waals surface area contributed by atoms with Crippen LogP contribution in [0.4, 0.5) is 11.4 Å². The second-order valence-corrected chi connectivity index (χ2v) is 59.9. The van der Waals surface area contributed by atoms with Crippen molar-refractivity contribution in [2.75, 3.05) is 64.7 Å². The van der Waals surface area contributed by atoms with E-state index in [0.29, 0.717) is 58.4 Å². The Hall–Kier alpha value is -4.74. The Morgan fingerprint density at radius 1 is 0.303 bits per heavy atom. The van der Waals surface area contributed by atoms with E-state index in [1.165, 1.54) is 192 Å². The highest BCUT2D eigenvalue weighted by Crippen LogP contribution is 2.41. The average Bonchev–Trinajstić information content (AvgIpc) is 1.84. The van der Waals surface area contributed by atoms with E-state index >= 15 is 0 Å². The number of aryl methyl sites for hydroxylation is 9. The van der Waals surface area contributed by atoms with Crippen LogP contribution in [0.2, 0.25) is 0 Å². The third-order valence-corrected chi connectivity index (χ3v) is 47.4. The Kier molecular flexibility index (Phi) is 48.5. The van der Waals surface area contributed by atoms with Crippen LogP contribution in [-0.2, 0) is 116 Å². The molecular weight excluding hydrogens is 1880 g/mol. The summed E-state index contributed by atoms with van der Waals surface area (Å²) in [5, 5.41) is -0.846. The van der Waals surface area contributed by atoms with Gasteiger partial charge in [-0.3, -0.25) is 0 Å². The molecule has 2 saturated heterocycles. The molecule has 0 radical (unpaired) electrons. The number of anilines is 2. The summed E-state index contributed by atoms with van der Waals surface area (Å²) in [6.45, 7) is 32.3. The molecule has 15 rings (SSSR count). The molecule has 6 aromatic rings. The lowest BCUT2D eigenvalue weighted by Gasteiger charge is -2.37. The van der Waals surface area contributed by atoms with E-state index in [0.717, 1.165) is 222 Å². The minimum Gasteiger partial charge on any atom is -0.372 e. The molecule has 5 unspecified atom stereocenters. The van der Waals surface area contributed by atoms with Crippen LogP contribution >= 0.6 is 11.3 Å². The fourth-order valence-corrected chi connectivity index (χ4v) is 35.2. The fraction of sp³-hybridized carbons (Fsp3) is 0.744. The van der Waals surface area contributed by atoms with Gasteiger partial charge in [-0.1, -0.05) is 211 Å². The molecular formula is C121H193N3O12S6. The molecule has 142 heavy (non-hydrogen) atoms. The van der Waals surface area contributed by atoms with Crippen molar-refractivity contribution in [3.8, 4) is 0 Å². The van der Waals surface area contributed by atoms with Crippen molar-refractivity contribution in [2.45, 2.75) is 456 Å². The number of thiazole rings is 1. The number of fused-ring (bicyclic) bond motifs is 3. The molecule has 7 fully saturated rings. The first kappa shape index (κ1) is 118.